The van der Waals surface area contributed by atoms with Crippen LogP contribution in [0.4, 0.5) is 0 Å². The van der Waals surface area contributed by atoms with Crippen LogP contribution in [-0.4, -0.2) is 30.6 Å². The van der Waals surface area contributed by atoms with Crippen molar-refractivity contribution in [1.82, 2.24) is 19.5 Å². The Kier molecular flexibility index (Phi) is 1.94. The average molecular weight is 190 g/mol. The largest absolute Gasteiger partial charge is 0.476 e. The van der Waals surface area contributed by atoms with E-state index >= 15 is 0 Å². The van der Waals surface area contributed by atoms with Crippen molar-refractivity contribution in [2.45, 2.75) is 0 Å². The van der Waals surface area contributed by atoms with Gasteiger partial charge < -0.3 is 5.11 Å². The Hall–Kier alpha value is -2.24. The summed E-state index contributed by atoms with van der Waals surface area (Å²) in [5.74, 6) is -0.848. The Morgan fingerprint density at radius 1 is 1.29 bits per heavy atom. The van der Waals surface area contributed by atoms with Crippen LogP contribution >= 0.6 is 0 Å². The maximum Gasteiger partial charge on any atom is 0.358 e. The van der Waals surface area contributed by atoms with Gasteiger partial charge in [0.1, 0.15) is 6.33 Å². The third-order valence-electron chi connectivity index (χ3n) is 1.63. The summed E-state index contributed by atoms with van der Waals surface area (Å²) in [6.45, 7) is 0. The molecule has 0 aliphatic heterocycles. The number of carboxylic acid groups (broad SMARTS) is 1. The summed E-state index contributed by atoms with van der Waals surface area (Å²) in [6, 6.07) is 0. The highest BCUT2D eigenvalue weighted by atomic mass is 16.4. The molecule has 6 heteroatoms. The van der Waals surface area contributed by atoms with Gasteiger partial charge in [-0.2, -0.15) is 0 Å². The first-order valence-electron chi connectivity index (χ1n) is 3.81. The second-order valence-electron chi connectivity index (χ2n) is 2.50. The van der Waals surface area contributed by atoms with Crippen molar-refractivity contribution in [2.24, 2.45) is 0 Å². The summed E-state index contributed by atoms with van der Waals surface area (Å²) >= 11 is 0. The third-order valence-corrected chi connectivity index (χ3v) is 1.63. The lowest BCUT2D eigenvalue weighted by Gasteiger charge is -2.02. The molecule has 6 nitrogen and oxygen atoms in total. The number of hydrogen-bond donors (Lipinski definition) is 1. The van der Waals surface area contributed by atoms with Crippen LogP contribution in [0.25, 0.3) is 5.82 Å². The maximum atomic E-state index is 10.8. The van der Waals surface area contributed by atoms with E-state index in [4.69, 9.17) is 5.11 Å². The molecule has 0 bridgehead atoms. The Balaban J connectivity index is 2.58. The van der Waals surface area contributed by atoms with E-state index in [-0.39, 0.29) is 11.5 Å². The Morgan fingerprint density at radius 2 is 2.07 bits per heavy atom. The van der Waals surface area contributed by atoms with E-state index in [0.717, 1.165) is 0 Å². The van der Waals surface area contributed by atoms with Crippen molar-refractivity contribution < 1.29 is 9.90 Å². The molecule has 14 heavy (non-hydrogen) atoms. The second-order valence-corrected chi connectivity index (χ2v) is 2.50. The summed E-state index contributed by atoms with van der Waals surface area (Å²) < 4.78 is 1.50. The van der Waals surface area contributed by atoms with Crippen LogP contribution in [0.5, 0.6) is 0 Å². The third kappa shape index (κ3) is 1.33. The van der Waals surface area contributed by atoms with Crippen LogP contribution in [0.3, 0.4) is 0 Å². The fraction of sp³-hybridized carbons (Fsp3) is 0. The molecule has 1 N–H and O–H groups in total. The van der Waals surface area contributed by atoms with Crippen LogP contribution in [0.15, 0.2) is 31.1 Å². The van der Waals surface area contributed by atoms with Crippen molar-refractivity contribution in [2.75, 3.05) is 0 Å². The fourth-order valence-electron chi connectivity index (χ4n) is 1.05. The summed E-state index contributed by atoms with van der Waals surface area (Å²) in [5, 5.41) is 8.83. The standard InChI is InChI=1S/C8H6N4O2/c13-8(14)6-7(11-2-1-10-6)12-4-3-9-5-12/h1-5H,(H,13,14). The van der Waals surface area contributed by atoms with E-state index in [9.17, 15) is 4.79 Å². The van der Waals surface area contributed by atoms with Gasteiger partial charge in [-0.15, -0.1) is 0 Å². The van der Waals surface area contributed by atoms with E-state index in [0.29, 0.717) is 0 Å². The summed E-state index contributed by atoms with van der Waals surface area (Å²) in [5.41, 5.74) is -0.0921. The molecule has 2 aromatic heterocycles. The van der Waals surface area contributed by atoms with Crippen LogP contribution in [0.1, 0.15) is 10.5 Å². The molecule has 70 valence electrons. The molecule has 2 rings (SSSR count). The maximum absolute atomic E-state index is 10.8. The molecular weight excluding hydrogens is 184 g/mol. The summed E-state index contributed by atoms with van der Waals surface area (Å²) in [6.07, 6.45) is 7.39. The number of aromatic carboxylic acids is 1. The minimum atomic E-state index is -1.11. The highest BCUT2D eigenvalue weighted by molar-refractivity contribution is 5.88. The van der Waals surface area contributed by atoms with Crippen molar-refractivity contribution in [3.05, 3.63) is 36.8 Å². The molecule has 0 aliphatic carbocycles. The van der Waals surface area contributed by atoms with E-state index in [1.807, 2.05) is 0 Å². The first-order chi connectivity index (χ1) is 6.79. The van der Waals surface area contributed by atoms with Crippen molar-refractivity contribution >= 4 is 5.97 Å². The van der Waals surface area contributed by atoms with Crippen molar-refractivity contribution in [1.29, 1.82) is 0 Å². The molecule has 0 aliphatic rings. The molecule has 2 heterocycles. The number of aromatic nitrogens is 4. The summed E-state index contributed by atoms with van der Waals surface area (Å²) in [7, 11) is 0. The number of carboxylic acids is 1. The van der Waals surface area contributed by atoms with Gasteiger partial charge in [0.25, 0.3) is 0 Å². The molecule has 0 saturated heterocycles. The lowest BCUT2D eigenvalue weighted by atomic mass is 10.4. The highest BCUT2D eigenvalue weighted by Gasteiger charge is 2.13. The lowest BCUT2D eigenvalue weighted by Crippen LogP contribution is -2.08. The predicted molar refractivity (Wildman–Crippen MR) is 46.1 cm³/mol. The highest BCUT2D eigenvalue weighted by Crippen LogP contribution is 2.07. The summed E-state index contributed by atoms with van der Waals surface area (Å²) in [4.78, 5) is 22.2. The zero-order chi connectivity index (χ0) is 9.97. The lowest BCUT2D eigenvalue weighted by molar-refractivity contribution is 0.0690. The number of rotatable bonds is 2. The van der Waals surface area contributed by atoms with Crippen LogP contribution in [-0.2, 0) is 0 Å². The Labute approximate surface area is 78.9 Å². The quantitative estimate of drug-likeness (QED) is 0.739. The first-order valence-corrected chi connectivity index (χ1v) is 3.81. The normalized spacial score (nSPS) is 10.0. The van der Waals surface area contributed by atoms with Gasteiger partial charge in [0.2, 0.25) is 0 Å². The minimum absolute atomic E-state index is 0.0921. The minimum Gasteiger partial charge on any atom is -0.476 e. The topological polar surface area (TPSA) is 80.9 Å². The second kappa shape index (κ2) is 3.25. The Morgan fingerprint density at radius 3 is 2.71 bits per heavy atom. The van der Waals surface area contributed by atoms with Crippen LogP contribution in [0, 0.1) is 0 Å². The van der Waals surface area contributed by atoms with E-state index in [1.54, 1.807) is 12.4 Å². The molecule has 0 radical (unpaired) electrons. The fourth-order valence-corrected chi connectivity index (χ4v) is 1.05. The predicted octanol–water partition coefficient (Wildman–Crippen LogP) is 0.360. The van der Waals surface area contributed by atoms with E-state index in [1.165, 1.54) is 23.3 Å². The van der Waals surface area contributed by atoms with Crippen LogP contribution < -0.4 is 0 Å². The number of carbonyl (C=O) groups is 1. The SMILES string of the molecule is O=C(O)c1nccnc1-n1ccnc1. The van der Waals surface area contributed by atoms with Gasteiger partial charge in [0.05, 0.1) is 0 Å². The van der Waals surface area contributed by atoms with Crippen molar-refractivity contribution in [3.8, 4) is 5.82 Å². The van der Waals surface area contributed by atoms with Crippen LogP contribution in [0.2, 0.25) is 0 Å². The molecule has 0 unspecified atom stereocenters. The van der Waals surface area contributed by atoms with Gasteiger partial charge in [-0.25, -0.2) is 19.7 Å². The first kappa shape index (κ1) is 8.36. The number of imidazole rings is 1. The van der Waals surface area contributed by atoms with E-state index in [2.05, 4.69) is 15.0 Å². The number of nitrogens with zero attached hydrogens (tertiary/aromatic N) is 4. The van der Waals surface area contributed by atoms with Gasteiger partial charge in [-0.3, -0.25) is 4.57 Å². The smallest absolute Gasteiger partial charge is 0.358 e. The molecule has 0 fully saturated rings. The molecule has 2 aromatic rings. The Bertz CT molecular complexity index is 452. The molecule has 0 aromatic carbocycles. The van der Waals surface area contributed by atoms with Gasteiger partial charge >= 0.3 is 5.97 Å². The zero-order valence-electron chi connectivity index (χ0n) is 7.03. The van der Waals surface area contributed by atoms with Gasteiger partial charge in [-0.1, -0.05) is 0 Å². The molecular formula is C8H6N4O2. The van der Waals surface area contributed by atoms with Crippen molar-refractivity contribution in [3.63, 3.8) is 0 Å². The van der Waals surface area contributed by atoms with Gasteiger partial charge in [-0.05, 0) is 0 Å². The van der Waals surface area contributed by atoms with Gasteiger partial charge in [0, 0.05) is 24.8 Å². The number of hydrogen-bond acceptors (Lipinski definition) is 4. The van der Waals surface area contributed by atoms with E-state index < -0.39 is 5.97 Å². The van der Waals surface area contributed by atoms with Gasteiger partial charge in [0.15, 0.2) is 11.5 Å². The molecule has 0 spiro atoms. The molecule has 0 amide bonds. The average Bonchev–Trinajstić information content (AvgIpc) is 2.70. The monoisotopic (exact) mass is 190 g/mol. The molecule has 0 atom stereocenters. The molecule has 0 saturated carbocycles. The zero-order valence-corrected chi connectivity index (χ0v) is 7.03.